The van der Waals surface area contributed by atoms with Gasteiger partial charge in [-0.2, -0.15) is 0 Å². The summed E-state index contributed by atoms with van der Waals surface area (Å²) in [5, 5.41) is 8.07. The molecule has 3 amide bonds. The number of cyclic esters (lactones) is 1. The lowest BCUT2D eigenvalue weighted by Crippen LogP contribution is -2.55. The first-order chi connectivity index (χ1) is 16.2. The van der Waals surface area contributed by atoms with Gasteiger partial charge in [0.25, 0.3) is 0 Å². The van der Waals surface area contributed by atoms with Crippen molar-refractivity contribution in [2.75, 3.05) is 13.7 Å². The Morgan fingerprint density at radius 3 is 2.50 bits per heavy atom. The smallest absolute Gasteiger partial charge is 0.331 e. The van der Waals surface area contributed by atoms with Crippen LogP contribution in [0.15, 0.2) is 23.8 Å². The van der Waals surface area contributed by atoms with Crippen molar-refractivity contribution >= 4 is 23.7 Å². The number of carbonyl (C=O) groups excluding carboxylic acids is 4. The fourth-order valence-corrected chi connectivity index (χ4v) is 4.01. The number of rotatable bonds is 8. The molecule has 9 heteroatoms. The van der Waals surface area contributed by atoms with Crippen LogP contribution in [0.3, 0.4) is 0 Å². The van der Waals surface area contributed by atoms with Gasteiger partial charge in [-0.15, -0.1) is 0 Å². The van der Waals surface area contributed by atoms with Crippen molar-refractivity contribution in [2.45, 2.75) is 89.9 Å². The highest BCUT2D eigenvalue weighted by Crippen LogP contribution is 2.20. The van der Waals surface area contributed by atoms with E-state index >= 15 is 0 Å². The largest absolute Gasteiger partial charge is 0.460 e. The third-order valence-electron chi connectivity index (χ3n) is 6.15. The average Bonchev–Trinajstić information content (AvgIpc) is 2.81. The minimum Gasteiger partial charge on any atom is -0.460 e. The van der Waals surface area contributed by atoms with Gasteiger partial charge in [-0.05, 0) is 37.7 Å². The normalized spacial score (nSPS) is 27.7. The molecule has 1 saturated heterocycles. The number of amides is 3. The summed E-state index contributed by atoms with van der Waals surface area (Å²) in [4.78, 5) is 51.6. The van der Waals surface area contributed by atoms with Crippen molar-refractivity contribution in [3.05, 3.63) is 23.8 Å². The van der Waals surface area contributed by atoms with Gasteiger partial charge in [0.15, 0.2) is 6.04 Å². The summed E-state index contributed by atoms with van der Waals surface area (Å²) in [6.07, 6.45) is 10.1. The van der Waals surface area contributed by atoms with Crippen molar-refractivity contribution in [1.82, 2.24) is 16.0 Å². The topological polar surface area (TPSA) is 123 Å². The van der Waals surface area contributed by atoms with Gasteiger partial charge in [0, 0.05) is 13.5 Å². The van der Waals surface area contributed by atoms with Crippen LogP contribution in [0.1, 0.15) is 65.7 Å². The Balaban J connectivity index is 2.31. The molecule has 1 heterocycles. The van der Waals surface area contributed by atoms with E-state index < -0.39 is 42.0 Å². The number of methoxy groups -OCH3 is 1. The van der Waals surface area contributed by atoms with E-state index in [4.69, 9.17) is 9.47 Å². The van der Waals surface area contributed by atoms with Crippen LogP contribution in [0.4, 0.5) is 0 Å². The summed E-state index contributed by atoms with van der Waals surface area (Å²) < 4.78 is 10.8. The van der Waals surface area contributed by atoms with Crippen molar-refractivity contribution < 1.29 is 28.7 Å². The van der Waals surface area contributed by atoms with E-state index in [0.29, 0.717) is 6.42 Å². The molecular formula is C25H39N3O6. The van der Waals surface area contributed by atoms with Gasteiger partial charge in [0.1, 0.15) is 18.2 Å². The molecule has 5 atom stereocenters. The number of hydrogen-bond donors (Lipinski definition) is 3. The maximum Gasteiger partial charge on any atom is 0.331 e. The van der Waals surface area contributed by atoms with E-state index in [9.17, 15) is 19.2 Å². The Labute approximate surface area is 202 Å². The molecule has 0 aromatic heterocycles. The molecule has 0 aromatic carbocycles. The predicted molar refractivity (Wildman–Crippen MR) is 128 cm³/mol. The Bertz CT molecular complexity index is 794. The molecule has 34 heavy (non-hydrogen) atoms. The molecule has 1 aliphatic carbocycles. The van der Waals surface area contributed by atoms with Crippen LogP contribution < -0.4 is 16.0 Å². The zero-order chi connectivity index (χ0) is 25.1. The lowest BCUT2D eigenvalue weighted by molar-refractivity contribution is -0.158. The number of hydrogen-bond acceptors (Lipinski definition) is 6. The molecule has 2 rings (SSSR count). The molecule has 0 spiro atoms. The van der Waals surface area contributed by atoms with Gasteiger partial charge in [-0.25, -0.2) is 4.79 Å². The summed E-state index contributed by atoms with van der Waals surface area (Å²) in [6, 6.07) is -2.82. The highest BCUT2D eigenvalue weighted by Gasteiger charge is 2.33. The lowest BCUT2D eigenvalue weighted by Gasteiger charge is -2.26. The van der Waals surface area contributed by atoms with Crippen molar-refractivity contribution in [3.63, 3.8) is 0 Å². The standard InChI is InChI=1S/C25H39N3O6/c1-5-6-10-16(2)21-14-22(29)27-19(13-18-11-8-7-9-12-18)24(31)26-17(3)23(30)28-20(15-33-4)25(32)34-21/h8,11-12,16-17,19-21H,5-7,9-10,13-15H2,1-4H3,(H,26,31)(H,27,29)(H,28,30)/t16-,17+,19+,20-,21-/m0/s1. The Morgan fingerprint density at radius 2 is 1.85 bits per heavy atom. The highest BCUT2D eigenvalue weighted by molar-refractivity contribution is 5.94. The minimum atomic E-state index is -1.05. The summed E-state index contributed by atoms with van der Waals surface area (Å²) >= 11 is 0. The Morgan fingerprint density at radius 1 is 1.09 bits per heavy atom. The molecule has 1 aliphatic heterocycles. The van der Waals surface area contributed by atoms with Gasteiger partial charge in [0.2, 0.25) is 17.7 Å². The summed E-state index contributed by atoms with van der Waals surface area (Å²) in [6.45, 7) is 5.44. The monoisotopic (exact) mass is 477 g/mol. The fourth-order valence-electron chi connectivity index (χ4n) is 4.01. The Hall–Kier alpha value is -2.68. The van der Waals surface area contributed by atoms with E-state index in [2.05, 4.69) is 22.9 Å². The minimum absolute atomic E-state index is 0.0709. The Kier molecular flexibility index (Phi) is 11.3. The van der Waals surface area contributed by atoms with Gasteiger partial charge in [-0.3, -0.25) is 14.4 Å². The van der Waals surface area contributed by atoms with Gasteiger partial charge in [0.05, 0.1) is 13.0 Å². The quantitative estimate of drug-likeness (QED) is 0.459. The summed E-state index contributed by atoms with van der Waals surface area (Å²) in [5.74, 6) is -2.11. The average molecular weight is 478 g/mol. The van der Waals surface area contributed by atoms with Crippen molar-refractivity contribution in [2.24, 2.45) is 5.92 Å². The van der Waals surface area contributed by atoms with Gasteiger partial charge >= 0.3 is 5.97 Å². The number of allylic oxidation sites excluding steroid dienone is 3. The van der Waals surface area contributed by atoms with E-state index in [1.54, 1.807) is 0 Å². The van der Waals surface area contributed by atoms with Gasteiger partial charge < -0.3 is 25.4 Å². The summed E-state index contributed by atoms with van der Waals surface area (Å²) in [7, 11) is 1.42. The molecule has 190 valence electrons. The van der Waals surface area contributed by atoms with Crippen LogP contribution in [-0.2, 0) is 28.7 Å². The highest BCUT2D eigenvalue weighted by atomic mass is 16.5. The van der Waals surface area contributed by atoms with Crippen LogP contribution in [-0.4, -0.2) is 61.6 Å². The molecule has 0 aromatic rings. The van der Waals surface area contributed by atoms with E-state index in [0.717, 1.165) is 37.7 Å². The summed E-state index contributed by atoms with van der Waals surface area (Å²) in [5.41, 5.74) is 0.951. The first-order valence-corrected chi connectivity index (χ1v) is 12.2. The first-order valence-electron chi connectivity index (χ1n) is 12.2. The van der Waals surface area contributed by atoms with E-state index in [1.807, 2.05) is 25.2 Å². The molecular weight excluding hydrogens is 438 g/mol. The van der Waals surface area contributed by atoms with Crippen LogP contribution in [0.2, 0.25) is 0 Å². The maximum atomic E-state index is 13.0. The van der Waals surface area contributed by atoms with Gasteiger partial charge in [-0.1, -0.05) is 44.9 Å². The SMILES string of the molecule is CCCC[C@H](C)[C@@H]1CC(=O)N[C@H](CC2=CCCC=C2)C(=O)N[C@H](C)C(=O)N[C@@H](COC)C(=O)O1. The molecule has 0 saturated carbocycles. The molecule has 1 fully saturated rings. The first kappa shape index (κ1) is 27.6. The van der Waals surface area contributed by atoms with Crippen LogP contribution in [0.5, 0.6) is 0 Å². The number of ether oxygens (including phenoxy) is 2. The number of esters is 1. The van der Waals surface area contributed by atoms with E-state index in [-0.39, 0.29) is 24.9 Å². The van der Waals surface area contributed by atoms with Crippen molar-refractivity contribution in [3.8, 4) is 0 Å². The number of nitrogens with one attached hydrogen (secondary N) is 3. The molecule has 0 unspecified atom stereocenters. The van der Waals surface area contributed by atoms with Crippen LogP contribution >= 0.6 is 0 Å². The molecule has 2 aliphatic rings. The fraction of sp³-hybridized carbons (Fsp3) is 0.680. The molecule has 3 N–H and O–H groups in total. The van der Waals surface area contributed by atoms with Crippen molar-refractivity contribution in [1.29, 1.82) is 0 Å². The third-order valence-corrected chi connectivity index (χ3v) is 6.15. The van der Waals surface area contributed by atoms with E-state index in [1.165, 1.54) is 14.0 Å². The molecule has 0 radical (unpaired) electrons. The number of unbranched alkanes of at least 4 members (excludes halogenated alkanes) is 1. The van der Waals surface area contributed by atoms with Crippen LogP contribution in [0, 0.1) is 5.92 Å². The zero-order valence-corrected chi connectivity index (χ0v) is 20.7. The third kappa shape index (κ3) is 8.59. The zero-order valence-electron chi connectivity index (χ0n) is 20.7. The second-order valence-corrected chi connectivity index (χ2v) is 9.13. The maximum absolute atomic E-state index is 13.0. The predicted octanol–water partition coefficient (Wildman–Crippen LogP) is 1.92. The van der Waals surface area contributed by atoms with Crippen LogP contribution in [0.25, 0.3) is 0 Å². The molecule has 9 nitrogen and oxygen atoms in total. The molecule has 0 bridgehead atoms. The second-order valence-electron chi connectivity index (χ2n) is 9.13. The number of carbonyl (C=O) groups is 4. The lowest BCUT2D eigenvalue weighted by atomic mass is 9.94. The second kappa shape index (κ2) is 13.9.